The predicted molar refractivity (Wildman–Crippen MR) is 237 cm³/mol. The van der Waals surface area contributed by atoms with E-state index in [4.69, 9.17) is 8.83 Å². The smallest absolute Gasteiger partial charge is 0.144 e. The second-order valence-corrected chi connectivity index (χ2v) is 15.4. The maximum atomic E-state index is 7.08. The predicted octanol–water partition coefficient (Wildman–Crippen LogP) is 15.8. The number of furan rings is 2. The van der Waals surface area contributed by atoms with Crippen molar-refractivity contribution in [3.63, 3.8) is 0 Å². The molecule has 3 aromatic heterocycles. The third-order valence-corrected chi connectivity index (χ3v) is 12.5. The largest absolute Gasteiger partial charge is 0.455 e. The van der Waals surface area contributed by atoms with Crippen LogP contribution in [0.5, 0.6) is 0 Å². The van der Waals surface area contributed by atoms with E-state index >= 15 is 0 Å². The van der Waals surface area contributed by atoms with Crippen LogP contribution in [0, 0.1) is 0 Å². The highest BCUT2D eigenvalue weighted by atomic mass is 32.1. The van der Waals surface area contributed by atoms with Crippen LogP contribution in [0.15, 0.2) is 197 Å². The Labute approximate surface area is 325 Å². The first-order chi connectivity index (χ1) is 27.8. The molecule has 0 atom stereocenters. The number of thiophene rings is 1. The average molecular weight is 734 g/mol. The van der Waals surface area contributed by atoms with Crippen molar-refractivity contribution in [2.24, 2.45) is 0 Å². The first kappa shape index (κ1) is 31.2. The molecule has 4 heteroatoms. The number of para-hydroxylation sites is 2. The number of nitrogens with zero attached hydrogens (tertiary/aromatic N) is 1. The number of fused-ring (bicyclic) bond motifs is 10. The fourth-order valence-electron chi connectivity index (χ4n) is 8.75. The fourth-order valence-corrected chi connectivity index (χ4v) is 9.96. The van der Waals surface area contributed by atoms with Gasteiger partial charge in [0.05, 0.1) is 21.5 Å². The Bertz CT molecular complexity index is 3480. The molecule has 0 amide bonds. The van der Waals surface area contributed by atoms with Gasteiger partial charge in [-0.15, -0.1) is 11.3 Å². The Kier molecular flexibility index (Phi) is 6.80. The van der Waals surface area contributed by atoms with E-state index in [1.165, 1.54) is 31.3 Å². The molecule has 12 rings (SSSR count). The van der Waals surface area contributed by atoms with E-state index in [9.17, 15) is 0 Å². The molecule has 3 nitrogen and oxygen atoms in total. The molecule has 12 aromatic rings. The average Bonchev–Trinajstić information content (AvgIpc) is 3.96. The molecule has 0 aliphatic rings. The normalized spacial score (nSPS) is 11.9. The number of hydrogen-bond acceptors (Lipinski definition) is 4. The van der Waals surface area contributed by atoms with Gasteiger partial charge < -0.3 is 13.7 Å². The van der Waals surface area contributed by atoms with Gasteiger partial charge in [0.1, 0.15) is 22.3 Å². The van der Waals surface area contributed by atoms with Gasteiger partial charge in [0.25, 0.3) is 0 Å². The summed E-state index contributed by atoms with van der Waals surface area (Å²) in [5.74, 6) is 0. The molecule has 0 bridgehead atoms. The van der Waals surface area contributed by atoms with Crippen LogP contribution in [-0.2, 0) is 0 Å². The minimum Gasteiger partial charge on any atom is -0.455 e. The summed E-state index contributed by atoms with van der Waals surface area (Å²) < 4.78 is 16.2. The van der Waals surface area contributed by atoms with Crippen molar-refractivity contribution in [2.45, 2.75) is 0 Å². The van der Waals surface area contributed by atoms with Gasteiger partial charge in [0.15, 0.2) is 0 Å². The van der Waals surface area contributed by atoms with Crippen LogP contribution < -0.4 is 4.90 Å². The quantitative estimate of drug-likeness (QED) is 0.176. The Balaban J connectivity index is 1.17. The molecule has 0 aliphatic heterocycles. The summed E-state index contributed by atoms with van der Waals surface area (Å²) in [4.78, 5) is 2.43. The topological polar surface area (TPSA) is 29.5 Å². The first-order valence-electron chi connectivity index (χ1n) is 18.9. The van der Waals surface area contributed by atoms with Gasteiger partial charge in [-0.1, -0.05) is 140 Å². The maximum absolute atomic E-state index is 7.08. The Hall–Kier alpha value is -7.14. The molecule has 0 saturated heterocycles. The van der Waals surface area contributed by atoms with Gasteiger partial charge in [0.2, 0.25) is 0 Å². The second-order valence-electron chi connectivity index (χ2n) is 14.4. The maximum Gasteiger partial charge on any atom is 0.144 e. The molecule has 0 fully saturated rings. The lowest BCUT2D eigenvalue weighted by molar-refractivity contribution is 0.665. The van der Waals surface area contributed by atoms with Crippen molar-refractivity contribution in [1.29, 1.82) is 0 Å². The zero-order chi connectivity index (χ0) is 36.7. The minimum absolute atomic E-state index is 0.834. The number of benzene rings is 9. The van der Waals surface area contributed by atoms with Crippen LogP contribution in [0.25, 0.3) is 97.1 Å². The molecular formula is C52H31NO2S. The molecule has 0 N–H and O–H groups in total. The van der Waals surface area contributed by atoms with Crippen LogP contribution in [0.4, 0.5) is 17.1 Å². The molecule has 0 spiro atoms. The molecule has 262 valence electrons. The van der Waals surface area contributed by atoms with Gasteiger partial charge >= 0.3 is 0 Å². The minimum atomic E-state index is 0.834. The van der Waals surface area contributed by atoms with Gasteiger partial charge in [0, 0.05) is 48.4 Å². The second kappa shape index (κ2) is 12.2. The van der Waals surface area contributed by atoms with Crippen molar-refractivity contribution in [1.82, 2.24) is 0 Å². The highest BCUT2D eigenvalue weighted by Gasteiger charge is 2.25. The summed E-state index contributed by atoms with van der Waals surface area (Å²) in [6.45, 7) is 0. The summed E-state index contributed by atoms with van der Waals surface area (Å²) in [5, 5.41) is 9.13. The van der Waals surface area contributed by atoms with Crippen molar-refractivity contribution in [3.8, 4) is 22.3 Å². The zero-order valence-corrected chi connectivity index (χ0v) is 30.9. The summed E-state index contributed by atoms with van der Waals surface area (Å²) in [6, 6.07) is 67.1. The van der Waals surface area contributed by atoms with Crippen molar-refractivity contribution in [2.75, 3.05) is 4.90 Å². The third kappa shape index (κ3) is 4.63. The van der Waals surface area contributed by atoms with Crippen LogP contribution in [-0.4, -0.2) is 0 Å². The van der Waals surface area contributed by atoms with Gasteiger partial charge in [-0.05, 0) is 70.4 Å². The number of rotatable bonds is 5. The van der Waals surface area contributed by atoms with E-state index in [1.54, 1.807) is 0 Å². The number of anilines is 3. The molecule has 0 saturated carbocycles. The lowest BCUT2D eigenvalue weighted by Gasteiger charge is -2.27. The highest BCUT2D eigenvalue weighted by molar-refractivity contribution is 7.26. The highest BCUT2D eigenvalue weighted by Crippen LogP contribution is 2.51. The Morgan fingerprint density at radius 3 is 1.95 bits per heavy atom. The molecule has 0 unspecified atom stereocenters. The van der Waals surface area contributed by atoms with Crippen molar-refractivity contribution >= 4 is 103 Å². The van der Waals surface area contributed by atoms with E-state index < -0.39 is 0 Å². The Morgan fingerprint density at radius 2 is 1.05 bits per heavy atom. The van der Waals surface area contributed by atoms with Gasteiger partial charge in [-0.2, -0.15) is 0 Å². The molecule has 0 aliphatic carbocycles. The summed E-state index contributed by atoms with van der Waals surface area (Å²) in [6.07, 6.45) is 0. The van der Waals surface area contributed by atoms with Gasteiger partial charge in [-0.3, -0.25) is 0 Å². The zero-order valence-electron chi connectivity index (χ0n) is 30.1. The number of hydrogen-bond donors (Lipinski definition) is 0. The van der Waals surface area contributed by atoms with Crippen LogP contribution in [0.3, 0.4) is 0 Å². The molecule has 56 heavy (non-hydrogen) atoms. The lowest BCUT2D eigenvalue weighted by atomic mass is 9.93. The molecule has 3 heterocycles. The molecule has 9 aromatic carbocycles. The lowest BCUT2D eigenvalue weighted by Crippen LogP contribution is -2.10. The molecule has 0 radical (unpaired) electrons. The van der Waals surface area contributed by atoms with Crippen molar-refractivity contribution < 1.29 is 8.83 Å². The van der Waals surface area contributed by atoms with Crippen molar-refractivity contribution in [3.05, 3.63) is 188 Å². The van der Waals surface area contributed by atoms with Gasteiger partial charge in [-0.25, -0.2) is 0 Å². The SMILES string of the molecule is c1ccc(-c2ccc(N(c3cccc4c3sc3ccccc34)c3cccc4oc5c(-c6cccc7c6oc6ccccc67)c6ccccc6cc5c34)cc2)cc1. The van der Waals surface area contributed by atoms with E-state index in [1.807, 2.05) is 23.5 Å². The third-order valence-electron chi connectivity index (χ3n) is 11.3. The summed E-state index contributed by atoms with van der Waals surface area (Å²) in [7, 11) is 0. The fraction of sp³-hybridized carbons (Fsp3) is 0. The van der Waals surface area contributed by atoms with E-state index in [2.05, 4.69) is 181 Å². The van der Waals surface area contributed by atoms with Crippen LogP contribution >= 0.6 is 11.3 Å². The van der Waals surface area contributed by atoms with E-state index in [0.717, 1.165) is 82.8 Å². The van der Waals surface area contributed by atoms with Crippen LogP contribution in [0.2, 0.25) is 0 Å². The van der Waals surface area contributed by atoms with E-state index in [-0.39, 0.29) is 0 Å². The monoisotopic (exact) mass is 733 g/mol. The molecular weight excluding hydrogens is 703 g/mol. The Morgan fingerprint density at radius 1 is 0.411 bits per heavy atom. The van der Waals surface area contributed by atoms with Crippen LogP contribution in [0.1, 0.15) is 0 Å². The summed E-state index contributed by atoms with van der Waals surface area (Å²) in [5.41, 5.74) is 11.1. The summed E-state index contributed by atoms with van der Waals surface area (Å²) >= 11 is 1.85. The standard InChI is InChI=1S/C52H31NO2S/c1-2-13-32(14-3-1)33-27-29-35(30-28-33)53(44-23-11-20-40-38-18-7-9-26-47(38)56-52(40)44)43-22-12-25-46-49(43)42-31-34-15-4-5-16-36(34)48(51(42)55-46)41-21-10-19-39-37-17-6-8-24-45(37)54-50(39)41/h1-31H. The first-order valence-corrected chi connectivity index (χ1v) is 19.7. The van der Waals surface area contributed by atoms with E-state index in [0.29, 0.717) is 0 Å².